The maximum atomic E-state index is 6.12. The van der Waals surface area contributed by atoms with Crippen LogP contribution >= 0.6 is 0 Å². The molecule has 0 bridgehead atoms. The molecule has 0 amide bonds. The highest BCUT2D eigenvalue weighted by Gasteiger charge is 2.30. The summed E-state index contributed by atoms with van der Waals surface area (Å²) in [6.45, 7) is 5.61. The third-order valence-corrected chi connectivity index (χ3v) is 3.48. The lowest BCUT2D eigenvalue weighted by molar-refractivity contribution is 0.414. The third-order valence-electron chi connectivity index (χ3n) is 3.48. The van der Waals surface area contributed by atoms with Gasteiger partial charge in [0, 0.05) is 18.7 Å². The average Bonchev–Trinajstić information content (AvgIpc) is 3.15. The molecule has 0 heterocycles. The summed E-state index contributed by atoms with van der Waals surface area (Å²) in [5.41, 5.74) is 8.11. The fourth-order valence-electron chi connectivity index (χ4n) is 2.18. The summed E-state index contributed by atoms with van der Waals surface area (Å²) >= 11 is 0. The molecule has 3 nitrogen and oxygen atoms in total. The molecule has 0 aromatic heterocycles. The van der Waals surface area contributed by atoms with Gasteiger partial charge < -0.3 is 15.4 Å². The van der Waals surface area contributed by atoms with Crippen molar-refractivity contribution in [1.29, 1.82) is 0 Å². The van der Waals surface area contributed by atoms with Crippen molar-refractivity contribution in [3.63, 3.8) is 0 Å². The van der Waals surface area contributed by atoms with Gasteiger partial charge in [0.2, 0.25) is 0 Å². The predicted molar refractivity (Wildman–Crippen MR) is 77.2 cm³/mol. The molecule has 0 aliphatic heterocycles. The fourth-order valence-corrected chi connectivity index (χ4v) is 2.18. The highest BCUT2D eigenvalue weighted by atomic mass is 16.5. The Morgan fingerprint density at radius 3 is 2.67 bits per heavy atom. The van der Waals surface area contributed by atoms with E-state index in [0.29, 0.717) is 6.04 Å². The predicted octanol–water partition coefficient (Wildman–Crippen LogP) is 3.29. The molecule has 0 saturated heterocycles. The molecule has 18 heavy (non-hydrogen) atoms. The number of nitrogens with two attached hydrogens (primary N) is 1. The first kappa shape index (κ1) is 13.1. The molecule has 2 N–H and O–H groups in total. The van der Waals surface area contributed by atoms with E-state index in [0.717, 1.165) is 29.6 Å². The first-order chi connectivity index (χ1) is 8.61. The monoisotopic (exact) mass is 248 g/mol. The largest absolute Gasteiger partial charge is 0.497 e. The van der Waals surface area contributed by atoms with E-state index in [1.165, 1.54) is 19.3 Å². The van der Waals surface area contributed by atoms with E-state index in [2.05, 4.69) is 24.8 Å². The van der Waals surface area contributed by atoms with Crippen molar-refractivity contribution in [1.82, 2.24) is 0 Å². The van der Waals surface area contributed by atoms with Gasteiger partial charge in [-0.05, 0) is 37.3 Å². The lowest BCUT2D eigenvalue weighted by Gasteiger charge is -2.27. The zero-order valence-electron chi connectivity index (χ0n) is 11.6. The van der Waals surface area contributed by atoms with Crippen molar-refractivity contribution in [3.8, 4) is 5.75 Å². The van der Waals surface area contributed by atoms with Crippen molar-refractivity contribution in [2.75, 3.05) is 24.3 Å². The van der Waals surface area contributed by atoms with Crippen LogP contribution in [-0.4, -0.2) is 19.7 Å². The van der Waals surface area contributed by atoms with Gasteiger partial charge >= 0.3 is 0 Å². The minimum Gasteiger partial charge on any atom is -0.497 e. The normalized spacial score (nSPS) is 14.9. The molecule has 1 aromatic rings. The van der Waals surface area contributed by atoms with Crippen LogP contribution < -0.4 is 15.4 Å². The topological polar surface area (TPSA) is 38.5 Å². The van der Waals surface area contributed by atoms with Gasteiger partial charge in [0.05, 0.1) is 18.5 Å². The highest BCUT2D eigenvalue weighted by molar-refractivity contribution is 5.70. The molecule has 1 aliphatic carbocycles. The number of hydrogen-bond donors (Lipinski definition) is 1. The Bertz CT molecular complexity index is 399. The summed E-state index contributed by atoms with van der Waals surface area (Å²) in [4.78, 5) is 2.46. The Labute approximate surface area is 110 Å². The van der Waals surface area contributed by atoms with Crippen LogP contribution in [0.15, 0.2) is 18.2 Å². The molecule has 0 spiro atoms. The van der Waals surface area contributed by atoms with Crippen LogP contribution in [0.3, 0.4) is 0 Å². The van der Waals surface area contributed by atoms with Crippen molar-refractivity contribution >= 4 is 11.4 Å². The van der Waals surface area contributed by atoms with Crippen LogP contribution in [0.5, 0.6) is 5.75 Å². The minimum absolute atomic E-state index is 0.679. The van der Waals surface area contributed by atoms with Crippen LogP contribution in [-0.2, 0) is 0 Å². The molecule has 0 unspecified atom stereocenters. The van der Waals surface area contributed by atoms with Crippen LogP contribution in [0, 0.1) is 5.92 Å². The second kappa shape index (κ2) is 5.51. The zero-order chi connectivity index (χ0) is 13.1. The SMILES string of the molecule is COc1ccc(N)c(N(CCC(C)C)C2CC2)c1. The maximum Gasteiger partial charge on any atom is 0.121 e. The van der Waals surface area contributed by atoms with Gasteiger partial charge in [-0.2, -0.15) is 0 Å². The third kappa shape index (κ3) is 3.09. The zero-order valence-corrected chi connectivity index (χ0v) is 11.6. The van der Waals surface area contributed by atoms with Crippen molar-refractivity contribution in [2.24, 2.45) is 5.92 Å². The van der Waals surface area contributed by atoms with Gasteiger partial charge in [0.25, 0.3) is 0 Å². The number of methoxy groups -OCH3 is 1. The Morgan fingerprint density at radius 1 is 1.39 bits per heavy atom. The summed E-state index contributed by atoms with van der Waals surface area (Å²) in [5.74, 6) is 1.60. The van der Waals surface area contributed by atoms with E-state index in [9.17, 15) is 0 Å². The van der Waals surface area contributed by atoms with Gasteiger partial charge in [-0.1, -0.05) is 13.8 Å². The van der Waals surface area contributed by atoms with E-state index in [1.54, 1.807) is 7.11 Å². The second-order valence-corrected chi connectivity index (χ2v) is 5.53. The van der Waals surface area contributed by atoms with Crippen molar-refractivity contribution < 1.29 is 4.74 Å². The first-order valence-electron chi connectivity index (χ1n) is 6.82. The highest BCUT2D eigenvalue weighted by Crippen LogP contribution is 2.37. The number of nitrogen functional groups attached to an aromatic ring is 1. The fraction of sp³-hybridized carbons (Fsp3) is 0.600. The van der Waals surface area contributed by atoms with Crippen LogP contribution in [0.1, 0.15) is 33.1 Å². The molecule has 1 fully saturated rings. The van der Waals surface area contributed by atoms with Crippen molar-refractivity contribution in [2.45, 2.75) is 39.2 Å². The lowest BCUT2D eigenvalue weighted by Crippen LogP contribution is -2.28. The van der Waals surface area contributed by atoms with Crippen LogP contribution in [0.2, 0.25) is 0 Å². The minimum atomic E-state index is 0.679. The molecule has 100 valence electrons. The summed E-state index contributed by atoms with van der Waals surface area (Å²) < 4.78 is 5.30. The first-order valence-corrected chi connectivity index (χ1v) is 6.82. The number of hydrogen-bond acceptors (Lipinski definition) is 3. The van der Waals surface area contributed by atoms with Gasteiger partial charge in [0.15, 0.2) is 0 Å². The standard InChI is InChI=1S/C15H24N2O/c1-11(2)8-9-17(12-4-5-12)15-10-13(18-3)6-7-14(15)16/h6-7,10-12H,4-5,8-9,16H2,1-3H3. The van der Waals surface area contributed by atoms with Gasteiger partial charge in [0.1, 0.15) is 5.75 Å². The molecular formula is C15H24N2O. The summed E-state index contributed by atoms with van der Waals surface area (Å²) in [5, 5.41) is 0. The molecule has 2 rings (SSSR count). The summed E-state index contributed by atoms with van der Waals surface area (Å²) in [6, 6.07) is 6.61. The smallest absolute Gasteiger partial charge is 0.121 e. The number of nitrogens with zero attached hydrogens (tertiary/aromatic N) is 1. The molecule has 1 aromatic carbocycles. The van der Waals surface area contributed by atoms with E-state index >= 15 is 0 Å². The summed E-state index contributed by atoms with van der Waals surface area (Å²) in [7, 11) is 1.70. The van der Waals surface area contributed by atoms with Gasteiger partial charge in [-0.15, -0.1) is 0 Å². The van der Waals surface area contributed by atoms with Crippen molar-refractivity contribution in [3.05, 3.63) is 18.2 Å². The second-order valence-electron chi connectivity index (χ2n) is 5.53. The molecule has 3 heteroatoms. The molecule has 1 aliphatic rings. The van der Waals surface area contributed by atoms with Gasteiger partial charge in [-0.3, -0.25) is 0 Å². The van der Waals surface area contributed by atoms with E-state index in [1.807, 2.05) is 12.1 Å². The molecular weight excluding hydrogens is 224 g/mol. The number of rotatable bonds is 6. The van der Waals surface area contributed by atoms with Crippen LogP contribution in [0.25, 0.3) is 0 Å². The number of benzene rings is 1. The van der Waals surface area contributed by atoms with Crippen LogP contribution in [0.4, 0.5) is 11.4 Å². The Morgan fingerprint density at radius 2 is 2.11 bits per heavy atom. The van der Waals surface area contributed by atoms with Gasteiger partial charge in [-0.25, -0.2) is 0 Å². The maximum absolute atomic E-state index is 6.12. The Hall–Kier alpha value is -1.38. The Kier molecular flexibility index (Phi) is 4.00. The number of ether oxygens (including phenoxy) is 1. The number of anilines is 2. The lowest BCUT2D eigenvalue weighted by atomic mass is 10.1. The summed E-state index contributed by atoms with van der Waals surface area (Å²) in [6.07, 6.45) is 3.77. The molecule has 1 saturated carbocycles. The molecule has 0 atom stereocenters. The molecule has 0 radical (unpaired) electrons. The Balaban J connectivity index is 2.18. The quantitative estimate of drug-likeness (QED) is 0.785. The van der Waals surface area contributed by atoms with E-state index < -0.39 is 0 Å². The van der Waals surface area contributed by atoms with E-state index in [-0.39, 0.29) is 0 Å². The average molecular weight is 248 g/mol. The van der Waals surface area contributed by atoms with E-state index in [4.69, 9.17) is 10.5 Å².